The summed E-state index contributed by atoms with van der Waals surface area (Å²) in [7, 11) is 0. The molecule has 0 saturated carbocycles. The van der Waals surface area contributed by atoms with Crippen LogP contribution in [-0.4, -0.2) is 21.1 Å². The summed E-state index contributed by atoms with van der Waals surface area (Å²) in [4.78, 5) is 10.1. The van der Waals surface area contributed by atoms with Gasteiger partial charge in [-0.25, -0.2) is 0 Å². The number of benzene rings is 10. The summed E-state index contributed by atoms with van der Waals surface area (Å²) in [5.74, 6) is 0.321. The topological polar surface area (TPSA) is 38.5 Å². The van der Waals surface area contributed by atoms with Crippen LogP contribution < -0.4 is 19.8 Å². The Morgan fingerprint density at radius 2 is 1.10 bits per heavy atom. The first-order valence-corrected chi connectivity index (χ1v) is 30.9. The van der Waals surface area contributed by atoms with Crippen molar-refractivity contribution in [2.24, 2.45) is 5.92 Å². The number of pyridine rings is 1. The van der Waals surface area contributed by atoms with Crippen LogP contribution in [0.1, 0.15) is 90.0 Å². The van der Waals surface area contributed by atoms with Crippen molar-refractivity contribution in [1.82, 2.24) is 14.1 Å². The van der Waals surface area contributed by atoms with Crippen LogP contribution in [-0.2, 0) is 36.6 Å². The molecule has 0 bridgehead atoms. The van der Waals surface area contributed by atoms with Gasteiger partial charge in [-0.05, 0) is 17.7 Å². The number of hydrogen-bond acceptors (Lipinski definition) is 4. The summed E-state index contributed by atoms with van der Waals surface area (Å²) in [5.41, 5.74) is 16.4. The molecular formula is C79H68BN5OPt. The summed E-state index contributed by atoms with van der Waals surface area (Å²) < 4.78 is 98.8. The van der Waals surface area contributed by atoms with Crippen LogP contribution in [0, 0.1) is 16.6 Å². The van der Waals surface area contributed by atoms with Crippen LogP contribution in [0.4, 0.5) is 22.9 Å². The zero-order valence-electron chi connectivity index (χ0n) is 58.7. The molecule has 0 radical (unpaired) electrons. The minimum absolute atomic E-state index is 0.0557. The summed E-state index contributed by atoms with van der Waals surface area (Å²) >= 11 is 2.24. The van der Waals surface area contributed by atoms with E-state index in [2.05, 4.69) is 143 Å². The Morgan fingerprint density at radius 1 is 0.540 bits per heavy atom. The number of aromatic nitrogens is 3. The Balaban J connectivity index is 0.999. The standard InChI is InChI=1S/C79H68BN5O.Pt/c1-50(2)42-52-43-65(55-40-38-54(39-41-55)53-24-12-10-13-25-53)75(66(44-52)57-45-58(78(4,5)6)47-59(46-57)79(7,8)9)83-49-82(68-34-18-19-35-69(68)83)60-28-22-29-61(48-60)86-77-72(56-26-14-11-15-27-56)51(3)73-64-32-23-31-63-62-30-16-17-33-67(62)84-70-36-20-21-37-71(70)85(76(73)81-77)80(84)74(63)64;/h10-41,43-48,50H,42H2,1-9H3;/i3D3,18D,19D,34D,35D,42D2;. The molecule has 15 rings (SSSR count). The second-order valence-corrected chi connectivity index (χ2v) is 26.3. The van der Waals surface area contributed by atoms with Crippen molar-refractivity contribution < 1.29 is 36.4 Å². The molecule has 428 valence electrons. The zero-order chi connectivity index (χ0) is 67.4. The quantitative estimate of drug-likeness (QED) is 0.128. The maximum atomic E-state index is 10.1. The van der Waals surface area contributed by atoms with Crippen LogP contribution in [0.5, 0.6) is 11.6 Å². The first kappa shape index (κ1) is 45.3. The normalized spacial score (nSPS) is 14.8. The molecule has 0 fully saturated rings. The molecule has 3 aliphatic heterocycles. The van der Waals surface area contributed by atoms with Crippen LogP contribution in [0.15, 0.2) is 230 Å². The molecule has 0 atom stereocenters. The second-order valence-electron chi connectivity index (χ2n) is 25.3. The molecule has 6 nitrogen and oxygen atoms in total. The van der Waals surface area contributed by atoms with Crippen molar-refractivity contribution in [3.8, 4) is 89.8 Å². The first-order valence-electron chi connectivity index (χ1n) is 34.2. The van der Waals surface area contributed by atoms with E-state index in [0.29, 0.717) is 54.4 Å². The van der Waals surface area contributed by atoms with E-state index in [4.69, 9.17) is 9.72 Å². The number of hydrogen-bond donors (Lipinski definition) is 0. The number of fused-ring (bicyclic) bond motifs is 10. The molecule has 0 aliphatic carbocycles. The fourth-order valence-corrected chi connectivity index (χ4v) is 14.2. The predicted octanol–water partition coefficient (Wildman–Crippen LogP) is 20.1. The van der Waals surface area contributed by atoms with Gasteiger partial charge in [-0.2, -0.15) is 0 Å². The third-order valence-corrected chi connectivity index (χ3v) is 18.2. The van der Waals surface area contributed by atoms with Crippen molar-refractivity contribution in [2.45, 2.75) is 79.4 Å². The van der Waals surface area contributed by atoms with Gasteiger partial charge in [0.2, 0.25) is 0 Å². The Morgan fingerprint density at radius 3 is 1.77 bits per heavy atom. The van der Waals surface area contributed by atoms with E-state index in [1.54, 1.807) is 12.1 Å². The maximum absolute atomic E-state index is 10.1. The van der Waals surface area contributed by atoms with Crippen molar-refractivity contribution in [3.05, 3.63) is 256 Å². The molecule has 3 aliphatic rings. The van der Waals surface area contributed by atoms with E-state index in [1.807, 2.05) is 144 Å². The number of anilines is 4. The van der Waals surface area contributed by atoms with Gasteiger partial charge in [-0.1, -0.05) is 42.5 Å². The summed E-state index contributed by atoms with van der Waals surface area (Å²) in [6, 6.07) is 66.8. The van der Waals surface area contributed by atoms with Crippen molar-refractivity contribution in [3.63, 3.8) is 0 Å². The number of ether oxygens (including phenoxy) is 1. The third-order valence-electron chi connectivity index (χ3n) is 17.2. The molecule has 0 amide bonds. The van der Waals surface area contributed by atoms with Gasteiger partial charge in [0.1, 0.15) is 0 Å². The summed E-state index contributed by atoms with van der Waals surface area (Å²) in [5, 5.41) is 0. The van der Waals surface area contributed by atoms with Crippen molar-refractivity contribution in [1.29, 1.82) is 0 Å². The Hall–Kier alpha value is -9.03. The van der Waals surface area contributed by atoms with Gasteiger partial charge in [-0.3, -0.25) is 0 Å². The molecule has 0 saturated heterocycles. The average Bonchev–Trinajstić information content (AvgIpc) is 1.46. The van der Waals surface area contributed by atoms with E-state index in [9.17, 15) is 12.3 Å². The van der Waals surface area contributed by atoms with Gasteiger partial charge in [0.15, 0.2) is 0 Å². The second kappa shape index (κ2) is 20.9. The molecule has 0 unspecified atom stereocenters. The van der Waals surface area contributed by atoms with E-state index in [-0.39, 0.29) is 51.1 Å². The SMILES string of the molecule is [2H]c1c([2H])c([2H])c2c(c1[2H])n(-c1cccc(Oc3nc4c(c(C([2H])([2H])[2H])c3-c3ccccc3)-c3cccc5c3B3N(c6ccccc6-5)c5ccccc5N34)c1)[c](=[Pt])n2-c1c(-c2ccc(-c3ccccc3)cc2)cc(C([2H])([2H])C(C)C)cc1-c1cc(C(C)(C)C)cc(C(C)(C)C)c1. The van der Waals surface area contributed by atoms with E-state index >= 15 is 0 Å². The molecule has 12 aromatic rings. The molecule has 8 heteroatoms. The minimum atomic E-state index is -2.71. The fourth-order valence-electron chi connectivity index (χ4n) is 13.1. The Bertz CT molecular complexity index is 5240. The van der Waals surface area contributed by atoms with Crippen molar-refractivity contribution in [2.75, 3.05) is 9.62 Å². The van der Waals surface area contributed by atoms with E-state index < -0.39 is 38.2 Å². The number of imidazole rings is 1. The monoisotopic (exact) mass is 1320 g/mol. The summed E-state index contributed by atoms with van der Waals surface area (Å²) in [6.07, 6.45) is -1.83. The number of rotatable bonds is 10. The molecule has 0 N–H and O–H groups in total. The Kier molecular flexibility index (Phi) is 10.9. The van der Waals surface area contributed by atoms with Gasteiger partial charge < -0.3 is 0 Å². The van der Waals surface area contributed by atoms with Crippen molar-refractivity contribution >= 4 is 46.4 Å². The van der Waals surface area contributed by atoms with E-state index in [0.717, 1.165) is 72.6 Å². The molecule has 5 heterocycles. The van der Waals surface area contributed by atoms with Gasteiger partial charge in [0.05, 0.1) is 0 Å². The number of para-hydroxylation sites is 5. The molecule has 87 heavy (non-hydrogen) atoms. The van der Waals surface area contributed by atoms with Crippen LogP contribution in [0.3, 0.4) is 0 Å². The van der Waals surface area contributed by atoms with Gasteiger partial charge >= 0.3 is 467 Å². The molecule has 10 aromatic carbocycles. The predicted molar refractivity (Wildman–Crippen MR) is 360 cm³/mol. The fraction of sp³-hybridized carbons (Fsp3) is 0.165. The molecular weight excluding hydrogens is 1240 g/mol. The number of nitrogens with zero attached hydrogens (tertiary/aromatic N) is 5. The first-order chi connectivity index (χ1) is 45.7. The third kappa shape index (κ3) is 9.11. The van der Waals surface area contributed by atoms with Gasteiger partial charge in [-0.15, -0.1) is 0 Å². The zero-order valence-corrected chi connectivity index (χ0v) is 52.0. The molecule has 2 aromatic heterocycles. The van der Waals surface area contributed by atoms with Crippen LogP contribution >= 0.6 is 0 Å². The van der Waals surface area contributed by atoms with E-state index in [1.165, 1.54) is 0 Å². The van der Waals surface area contributed by atoms with Crippen LogP contribution in [0.2, 0.25) is 0 Å². The van der Waals surface area contributed by atoms with Gasteiger partial charge in [0.25, 0.3) is 0 Å². The van der Waals surface area contributed by atoms with Gasteiger partial charge in [0, 0.05) is 11.3 Å². The summed E-state index contributed by atoms with van der Waals surface area (Å²) in [6.45, 7) is 13.8. The average molecular weight is 1320 g/mol. The Labute approximate surface area is 535 Å². The van der Waals surface area contributed by atoms with Crippen LogP contribution in [0.25, 0.3) is 89.2 Å². The molecule has 0 spiro atoms.